The monoisotopic (exact) mass is 547 g/mol. The summed E-state index contributed by atoms with van der Waals surface area (Å²) in [5, 5.41) is 11.1. The molecule has 0 atom stereocenters. The van der Waals surface area contributed by atoms with E-state index in [9.17, 15) is 4.79 Å². The van der Waals surface area contributed by atoms with Crippen molar-refractivity contribution < 1.29 is 9.32 Å². The van der Waals surface area contributed by atoms with Crippen LogP contribution in [0.3, 0.4) is 0 Å². The standard InChI is InChI=1S/C23H41N5O2.HI/c1-6-17(7-2)21-15-20(30-27-21)16-25-23(24-10-5)26-19-11-13-28(14-12-19)22(29)18(8-3)9-4;/h15,17-19H,6-14,16H2,1-5H3,(H2,24,25,26);1H. The molecule has 7 nitrogen and oxygen atoms in total. The van der Waals surface area contributed by atoms with Gasteiger partial charge in [-0.2, -0.15) is 0 Å². The Hall–Kier alpha value is -1.32. The average molecular weight is 548 g/mol. The lowest BCUT2D eigenvalue weighted by atomic mass is 9.98. The lowest BCUT2D eigenvalue weighted by Gasteiger charge is -2.34. The number of guanidine groups is 1. The maximum absolute atomic E-state index is 12.6. The summed E-state index contributed by atoms with van der Waals surface area (Å²) >= 11 is 0. The van der Waals surface area contributed by atoms with E-state index in [0.717, 1.165) is 75.6 Å². The van der Waals surface area contributed by atoms with Crippen LogP contribution in [0.15, 0.2) is 15.6 Å². The Morgan fingerprint density at radius 1 is 1.16 bits per heavy atom. The predicted molar refractivity (Wildman–Crippen MR) is 137 cm³/mol. The summed E-state index contributed by atoms with van der Waals surface area (Å²) in [6.07, 6.45) is 5.86. The van der Waals surface area contributed by atoms with Crippen molar-refractivity contribution in [3.8, 4) is 0 Å². The van der Waals surface area contributed by atoms with Gasteiger partial charge in [0.1, 0.15) is 6.54 Å². The highest BCUT2D eigenvalue weighted by atomic mass is 127. The summed E-state index contributed by atoms with van der Waals surface area (Å²) in [6.45, 7) is 13.5. The molecular formula is C23H42IN5O2. The lowest BCUT2D eigenvalue weighted by Crippen LogP contribution is -2.50. The van der Waals surface area contributed by atoms with Crippen molar-refractivity contribution >= 4 is 35.8 Å². The minimum atomic E-state index is 0. The van der Waals surface area contributed by atoms with Crippen LogP contribution in [0.5, 0.6) is 0 Å². The zero-order valence-corrected chi connectivity index (χ0v) is 22.3. The minimum absolute atomic E-state index is 0. The summed E-state index contributed by atoms with van der Waals surface area (Å²) in [5.74, 6) is 2.52. The van der Waals surface area contributed by atoms with E-state index in [4.69, 9.17) is 9.52 Å². The first-order valence-electron chi connectivity index (χ1n) is 11.8. The molecule has 1 aliphatic heterocycles. The molecule has 1 fully saturated rings. The fraction of sp³-hybridized carbons (Fsp3) is 0.783. The van der Waals surface area contributed by atoms with Gasteiger partial charge >= 0.3 is 0 Å². The highest BCUT2D eigenvalue weighted by molar-refractivity contribution is 14.0. The van der Waals surface area contributed by atoms with Crippen molar-refractivity contribution in [3.05, 3.63) is 17.5 Å². The van der Waals surface area contributed by atoms with Crippen LogP contribution in [0.25, 0.3) is 0 Å². The number of rotatable bonds is 10. The zero-order chi connectivity index (χ0) is 21.9. The second kappa shape index (κ2) is 14.7. The van der Waals surface area contributed by atoms with Crippen molar-refractivity contribution in [2.24, 2.45) is 10.9 Å². The molecule has 178 valence electrons. The molecule has 0 saturated carbocycles. The number of nitrogens with one attached hydrogen (secondary N) is 2. The molecule has 2 heterocycles. The fourth-order valence-corrected chi connectivity index (χ4v) is 4.11. The normalized spacial score (nSPS) is 15.3. The smallest absolute Gasteiger partial charge is 0.225 e. The second-order valence-electron chi connectivity index (χ2n) is 8.18. The summed E-state index contributed by atoms with van der Waals surface area (Å²) in [7, 11) is 0. The van der Waals surface area contributed by atoms with Crippen LogP contribution in [0, 0.1) is 5.92 Å². The third-order valence-corrected chi connectivity index (χ3v) is 6.20. The Kier molecular flexibility index (Phi) is 13.1. The molecule has 0 unspecified atom stereocenters. The van der Waals surface area contributed by atoms with Crippen LogP contribution in [0.1, 0.15) is 90.5 Å². The molecule has 2 N–H and O–H groups in total. The molecule has 0 radical (unpaired) electrons. The van der Waals surface area contributed by atoms with E-state index in [1.54, 1.807) is 0 Å². The number of likely N-dealkylation sites (tertiary alicyclic amines) is 1. The number of piperidine rings is 1. The van der Waals surface area contributed by atoms with Crippen molar-refractivity contribution in [3.63, 3.8) is 0 Å². The molecule has 1 aliphatic rings. The van der Waals surface area contributed by atoms with Crippen molar-refractivity contribution in [1.29, 1.82) is 0 Å². The van der Waals surface area contributed by atoms with E-state index in [0.29, 0.717) is 24.4 Å². The zero-order valence-electron chi connectivity index (χ0n) is 19.9. The number of amides is 1. The van der Waals surface area contributed by atoms with Crippen molar-refractivity contribution in [1.82, 2.24) is 20.7 Å². The van der Waals surface area contributed by atoms with Gasteiger partial charge in [-0.3, -0.25) is 4.79 Å². The molecule has 0 spiro atoms. The second-order valence-corrected chi connectivity index (χ2v) is 8.18. The predicted octanol–water partition coefficient (Wildman–Crippen LogP) is 4.68. The number of hydrogen-bond acceptors (Lipinski definition) is 4. The summed E-state index contributed by atoms with van der Waals surface area (Å²) in [6, 6.07) is 2.36. The van der Waals surface area contributed by atoms with Crippen LogP contribution < -0.4 is 10.6 Å². The van der Waals surface area contributed by atoms with E-state index in [-0.39, 0.29) is 29.9 Å². The Morgan fingerprint density at radius 2 is 1.81 bits per heavy atom. The van der Waals surface area contributed by atoms with E-state index in [2.05, 4.69) is 50.4 Å². The maximum atomic E-state index is 12.6. The van der Waals surface area contributed by atoms with Gasteiger partial charge in [0.2, 0.25) is 5.91 Å². The van der Waals surface area contributed by atoms with Gasteiger partial charge in [-0.1, -0.05) is 32.9 Å². The highest BCUT2D eigenvalue weighted by Crippen LogP contribution is 2.22. The van der Waals surface area contributed by atoms with Crippen LogP contribution in [-0.4, -0.2) is 47.6 Å². The molecule has 1 aromatic heterocycles. The van der Waals surface area contributed by atoms with E-state index in [1.807, 2.05) is 11.0 Å². The Morgan fingerprint density at radius 3 is 2.35 bits per heavy atom. The molecule has 1 amide bonds. The molecular weight excluding hydrogens is 505 g/mol. The Labute approximate surface area is 205 Å². The van der Waals surface area contributed by atoms with Crippen LogP contribution >= 0.6 is 24.0 Å². The van der Waals surface area contributed by atoms with Crippen molar-refractivity contribution in [2.75, 3.05) is 19.6 Å². The van der Waals surface area contributed by atoms with E-state index in [1.165, 1.54) is 0 Å². The number of carbonyl (C=O) groups excluding carboxylic acids is 1. The maximum Gasteiger partial charge on any atom is 0.225 e. The van der Waals surface area contributed by atoms with Gasteiger partial charge in [-0.05, 0) is 45.4 Å². The number of aromatic nitrogens is 1. The summed E-state index contributed by atoms with van der Waals surface area (Å²) < 4.78 is 5.50. The molecule has 31 heavy (non-hydrogen) atoms. The molecule has 8 heteroatoms. The first-order chi connectivity index (χ1) is 14.6. The molecule has 0 bridgehead atoms. The third kappa shape index (κ3) is 8.27. The van der Waals surface area contributed by atoms with Gasteiger partial charge in [-0.15, -0.1) is 24.0 Å². The Bertz CT molecular complexity index is 663. The van der Waals surface area contributed by atoms with Crippen LogP contribution in [-0.2, 0) is 11.3 Å². The first-order valence-corrected chi connectivity index (χ1v) is 11.8. The van der Waals surface area contributed by atoms with Gasteiger partial charge in [0.15, 0.2) is 11.7 Å². The van der Waals surface area contributed by atoms with Crippen LogP contribution in [0.2, 0.25) is 0 Å². The third-order valence-electron chi connectivity index (χ3n) is 6.20. The van der Waals surface area contributed by atoms with Gasteiger partial charge in [0.05, 0.1) is 5.69 Å². The number of hydrogen-bond donors (Lipinski definition) is 2. The molecule has 0 aliphatic carbocycles. The molecule has 0 aromatic carbocycles. The lowest BCUT2D eigenvalue weighted by molar-refractivity contribution is -0.136. The van der Waals surface area contributed by atoms with Gasteiger partial charge < -0.3 is 20.1 Å². The van der Waals surface area contributed by atoms with E-state index >= 15 is 0 Å². The number of halogens is 1. The highest BCUT2D eigenvalue weighted by Gasteiger charge is 2.26. The molecule has 1 aromatic rings. The first kappa shape index (κ1) is 27.7. The van der Waals surface area contributed by atoms with E-state index < -0.39 is 0 Å². The fourth-order valence-electron chi connectivity index (χ4n) is 4.11. The van der Waals surface area contributed by atoms with Crippen LogP contribution in [0.4, 0.5) is 0 Å². The van der Waals surface area contributed by atoms with Gasteiger partial charge in [0.25, 0.3) is 0 Å². The minimum Gasteiger partial charge on any atom is -0.359 e. The number of nitrogens with zero attached hydrogens (tertiary/aromatic N) is 3. The number of aliphatic imine (C=N–C) groups is 1. The summed E-state index contributed by atoms with van der Waals surface area (Å²) in [5.41, 5.74) is 1.03. The van der Waals surface area contributed by atoms with Gasteiger partial charge in [-0.25, -0.2) is 4.99 Å². The SMILES string of the molecule is CCNC(=NCc1cc(C(CC)CC)no1)NC1CCN(C(=O)C(CC)CC)CC1.I. The topological polar surface area (TPSA) is 82.8 Å². The van der Waals surface area contributed by atoms with Crippen molar-refractivity contribution in [2.45, 2.75) is 91.6 Å². The molecule has 1 saturated heterocycles. The Balaban J connectivity index is 0.00000480. The quantitative estimate of drug-likeness (QED) is 0.253. The summed E-state index contributed by atoms with van der Waals surface area (Å²) in [4.78, 5) is 19.3. The largest absolute Gasteiger partial charge is 0.359 e. The van der Waals surface area contributed by atoms with Gasteiger partial charge in [0, 0.05) is 43.6 Å². The number of carbonyl (C=O) groups is 1. The molecule has 2 rings (SSSR count). The average Bonchev–Trinajstić information content (AvgIpc) is 3.23.